The molecule has 0 saturated heterocycles. The topological polar surface area (TPSA) is 55.8 Å². The van der Waals surface area contributed by atoms with Gasteiger partial charge in [0.1, 0.15) is 12.1 Å². The number of nitrogens with zero attached hydrogens (tertiary/aromatic N) is 1. The third-order valence-electron chi connectivity index (χ3n) is 8.53. The molecule has 0 heterocycles. The highest BCUT2D eigenvalue weighted by molar-refractivity contribution is 5.79. The Labute approximate surface area is 245 Å². The van der Waals surface area contributed by atoms with Gasteiger partial charge in [-0.25, -0.2) is 0 Å². The monoisotopic (exact) mass is 555 g/mol. The molecule has 1 saturated carbocycles. The third kappa shape index (κ3) is 8.53. The van der Waals surface area contributed by atoms with Crippen molar-refractivity contribution < 1.29 is 19.1 Å². The van der Waals surface area contributed by atoms with Crippen molar-refractivity contribution in [2.24, 2.45) is 17.8 Å². The standard InChI is InChI=1S/C36H45NO4/c1-26(2)31-21-20-27(3)22-33(31)41-34(38)23-32(30-18-12-7-13-19-30)35(36(39)40-4)37(24-28-14-8-5-9-15-28)25-29-16-10-6-11-17-29/h5-19,26-27,31-33,35H,20-25H2,1-4H3/t27-,31+,32+,33-,35+/m1/s1. The van der Waals surface area contributed by atoms with Crippen LogP contribution in [0.5, 0.6) is 0 Å². The molecule has 0 amide bonds. The Kier molecular flexibility index (Phi) is 11.1. The van der Waals surface area contributed by atoms with Gasteiger partial charge in [-0.15, -0.1) is 0 Å². The van der Waals surface area contributed by atoms with Crippen LogP contribution in [0.3, 0.4) is 0 Å². The predicted octanol–water partition coefficient (Wildman–Crippen LogP) is 7.41. The molecule has 218 valence electrons. The molecule has 4 rings (SSSR count). The van der Waals surface area contributed by atoms with Crippen molar-refractivity contribution in [2.75, 3.05) is 7.11 Å². The average molecular weight is 556 g/mol. The number of benzene rings is 3. The third-order valence-corrected chi connectivity index (χ3v) is 8.53. The van der Waals surface area contributed by atoms with E-state index in [1.165, 1.54) is 13.5 Å². The number of hydrogen-bond acceptors (Lipinski definition) is 5. The van der Waals surface area contributed by atoms with E-state index in [0.29, 0.717) is 30.8 Å². The minimum absolute atomic E-state index is 0.0935. The second-order valence-corrected chi connectivity index (χ2v) is 11.9. The van der Waals surface area contributed by atoms with Gasteiger partial charge in [0.25, 0.3) is 0 Å². The Balaban J connectivity index is 1.68. The maximum Gasteiger partial charge on any atom is 0.323 e. The summed E-state index contributed by atoms with van der Waals surface area (Å²) in [7, 11) is 1.43. The van der Waals surface area contributed by atoms with E-state index in [0.717, 1.165) is 29.5 Å². The van der Waals surface area contributed by atoms with Crippen LogP contribution in [0.2, 0.25) is 0 Å². The van der Waals surface area contributed by atoms with Gasteiger partial charge in [-0.2, -0.15) is 0 Å². The fourth-order valence-electron chi connectivity index (χ4n) is 6.34. The molecule has 3 aromatic carbocycles. The minimum Gasteiger partial charge on any atom is -0.468 e. The molecule has 0 aromatic heterocycles. The predicted molar refractivity (Wildman–Crippen MR) is 163 cm³/mol. The number of carbonyl (C=O) groups excluding carboxylic acids is 2. The van der Waals surface area contributed by atoms with E-state index in [-0.39, 0.29) is 24.5 Å². The van der Waals surface area contributed by atoms with Gasteiger partial charge in [-0.05, 0) is 47.3 Å². The van der Waals surface area contributed by atoms with Gasteiger partial charge in [0.2, 0.25) is 0 Å². The minimum atomic E-state index is -0.693. The van der Waals surface area contributed by atoms with Crippen LogP contribution in [-0.4, -0.2) is 36.1 Å². The molecule has 1 fully saturated rings. The van der Waals surface area contributed by atoms with Crippen molar-refractivity contribution in [3.05, 3.63) is 108 Å². The molecule has 0 unspecified atom stereocenters. The zero-order chi connectivity index (χ0) is 29.2. The van der Waals surface area contributed by atoms with Gasteiger partial charge in [0.05, 0.1) is 13.5 Å². The molecule has 1 aliphatic rings. The quantitative estimate of drug-likeness (QED) is 0.218. The first-order valence-electron chi connectivity index (χ1n) is 15.0. The summed E-state index contributed by atoms with van der Waals surface area (Å²) in [6.07, 6.45) is 3.13. The van der Waals surface area contributed by atoms with Crippen LogP contribution < -0.4 is 0 Å². The summed E-state index contributed by atoms with van der Waals surface area (Å²) in [5.74, 6) is 0.279. The first-order valence-corrected chi connectivity index (χ1v) is 15.0. The van der Waals surface area contributed by atoms with Crippen molar-refractivity contribution in [3.8, 4) is 0 Å². The highest BCUT2D eigenvalue weighted by Crippen LogP contribution is 2.37. The second-order valence-electron chi connectivity index (χ2n) is 11.9. The van der Waals surface area contributed by atoms with Gasteiger partial charge in [0.15, 0.2) is 0 Å². The smallest absolute Gasteiger partial charge is 0.323 e. The summed E-state index contributed by atoms with van der Waals surface area (Å²) >= 11 is 0. The number of esters is 2. The van der Waals surface area contributed by atoms with Crippen LogP contribution in [0, 0.1) is 17.8 Å². The number of ether oxygens (including phenoxy) is 2. The molecule has 0 aliphatic heterocycles. The molecule has 1 aliphatic carbocycles. The zero-order valence-corrected chi connectivity index (χ0v) is 24.9. The average Bonchev–Trinajstić information content (AvgIpc) is 2.98. The molecule has 3 aromatic rings. The summed E-state index contributed by atoms with van der Waals surface area (Å²) in [6.45, 7) is 7.73. The largest absolute Gasteiger partial charge is 0.468 e. The molecule has 0 radical (unpaired) electrons. The number of methoxy groups -OCH3 is 1. The van der Waals surface area contributed by atoms with Crippen LogP contribution in [-0.2, 0) is 32.2 Å². The van der Waals surface area contributed by atoms with Crippen LogP contribution in [0.15, 0.2) is 91.0 Å². The maximum atomic E-state index is 13.7. The molecule has 0 spiro atoms. The maximum absolute atomic E-state index is 13.7. The summed E-state index contributed by atoms with van der Waals surface area (Å²) in [4.78, 5) is 29.6. The fourth-order valence-corrected chi connectivity index (χ4v) is 6.34. The first kappa shape index (κ1) is 30.5. The van der Waals surface area contributed by atoms with E-state index in [9.17, 15) is 9.59 Å². The lowest BCUT2D eigenvalue weighted by Crippen LogP contribution is -2.46. The van der Waals surface area contributed by atoms with Crippen LogP contribution >= 0.6 is 0 Å². The SMILES string of the molecule is COC(=O)[C@H]([C@@H](CC(=O)O[C@@H]1C[C@H](C)CC[C@H]1C(C)C)c1ccccc1)N(Cc1ccccc1)Cc1ccccc1. The lowest BCUT2D eigenvalue weighted by molar-refractivity contribution is -0.158. The molecule has 5 heteroatoms. The summed E-state index contributed by atoms with van der Waals surface area (Å²) in [6, 6.07) is 29.4. The Morgan fingerprint density at radius 1 is 0.829 bits per heavy atom. The lowest BCUT2D eigenvalue weighted by atomic mass is 9.75. The molecular formula is C36H45NO4. The Hall–Kier alpha value is -3.44. The van der Waals surface area contributed by atoms with Gasteiger partial charge in [-0.1, -0.05) is 118 Å². The highest BCUT2D eigenvalue weighted by atomic mass is 16.5. The van der Waals surface area contributed by atoms with Gasteiger partial charge in [0, 0.05) is 19.0 Å². The highest BCUT2D eigenvalue weighted by Gasteiger charge is 2.39. The van der Waals surface area contributed by atoms with E-state index in [1.54, 1.807) is 0 Å². The number of hydrogen-bond donors (Lipinski definition) is 0. The molecular weight excluding hydrogens is 510 g/mol. The van der Waals surface area contributed by atoms with E-state index in [4.69, 9.17) is 9.47 Å². The normalized spacial score (nSPS) is 20.4. The Morgan fingerprint density at radius 3 is 1.88 bits per heavy atom. The fraction of sp³-hybridized carbons (Fsp3) is 0.444. The van der Waals surface area contributed by atoms with Gasteiger partial charge >= 0.3 is 11.9 Å². The van der Waals surface area contributed by atoms with Crippen LogP contribution in [0.1, 0.15) is 69.1 Å². The summed E-state index contributed by atoms with van der Waals surface area (Å²) < 4.78 is 11.7. The van der Waals surface area contributed by atoms with Crippen LogP contribution in [0.25, 0.3) is 0 Å². The van der Waals surface area contributed by atoms with Crippen molar-refractivity contribution in [2.45, 2.75) is 77.6 Å². The summed E-state index contributed by atoms with van der Waals surface area (Å²) in [5, 5.41) is 0. The molecule has 5 atom stereocenters. The first-order chi connectivity index (χ1) is 19.9. The Bertz CT molecular complexity index is 1170. The van der Waals surface area contributed by atoms with Crippen molar-refractivity contribution >= 4 is 11.9 Å². The van der Waals surface area contributed by atoms with Crippen molar-refractivity contribution in [3.63, 3.8) is 0 Å². The Morgan fingerprint density at radius 2 is 1.37 bits per heavy atom. The molecule has 5 nitrogen and oxygen atoms in total. The van der Waals surface area contributed by atoms with Crippen molar-refractivity contribution in [1.29, 1.82) is 0 Å². The summed E-state index contributed by atoms with van der Waals surface area (Å²) in [5.41, 5.74) is 3.09. The van der Waals surface area contributed by atoms with Gasteiger partial charge in [-0.3, -0.25) is 14.5 Å². The van der Waals surface area contributed by atoms with Crippen LogP contribution in [0.4, 0.5) is 0 Å². The zero-order valence-electron chi connectivity index (χ0n) is 24.9. The molecule has 0 bridgehead atoms. The van der Waals surface area contributed by atoms with E-state index in [2.05, 4.69) is 49.9 Å². The lowest BCUT2D eigenvalue weighted by Gasteiger charge is -2.38. The van der Waals surface area contributed by atoms with Gasteiger partial charge < -0.3 is 9.47 Å². The number of rotatable bonds is 12. The molecule has 0 N–H and O–H groups in total. The van der Waals surface area contributed by atoms with E-state index >= 15 is 0 Å². The number of carbonyl (C=O) groups is 2. The van der Waals surface area contributed by atoms with E-state index < -0.39 is 12.0 Å². The molecule has 41 heavy (non-hydrogen) atoms. The van der Waals surface area contributed by atoms with Crippen molar-refractivity contribution in [1.82, 2.24) is 4.90 Å². The van der Waals surface area contributed by atoms with E-state index in [1.807, 2.05) is 66.7 Å². The second kappa shape index (κ2) is 15.0.